The number of hydrogen-bond donors (Lipinski definition) is 2. The Morgan fingerprint density at radius 3 is 2.38 bits per heavy atom. The van der Waals surface area contributed by atoms with E-state index in [2.05, 4.69) is 15.5 Å². The third kappa shape index (κ3) is 6.35. The van der Waals surface area contributed by atoms with Gasteiger partial charge in [0.2, 0.25) is 11.1 Å². The fraction of sp³-hybridized carbons (Fsp3) is 0.160. The molecule has 0 aliphatic carbocycles. The lowest BCUT2D eigenvalue weighted by atomic mass is 9.99. The van der Waals surface area contributed by atoms with Crippen molar-refractivity contribution in [1.82, 2.24) is 20.2 Å². The summed E-state index contributed by atoms with van der Waals surface area (Å²) in [5.74, 6) is 6.60. The zero-order valence-electron chi connectivity index (χ0n) is 18.3. The number of rotatable bonds is 10. The molecule has 0 fully saturated rings. The number of benzene rings is 3. The monoisotopic (exact) mass is 477 g/mol. The molecular weight excluding hydrogens is 453 g/mol. The number of hydrogen-bond acceptors (Lipinski definition) is 6. The Labute approximate surface area is 201 Å². The van der Waals surface area contributed by atoms with Crippen molar-refractivity contribution in [2.75, 3.05) is 11.6 Å². The standard InChI is InChI=1S/C25H24FN5O2S/c26-20-11-13-21(14-12-20)33-16-23-29-30-25(31(23)27)34-17-24(32)28-22(19-9-5-2-6-10-19)15-18-7-3-1-4-8-18/h1-14,22H,15-17,27H2,(H,28,32). The van der Waals surface area contributed by atoms with Gasteiger partial charge in [-0.05, 0) is 41.8 Å². The number of nitrogens with zero attached hydrogens (tertiary/aromatic N) is 3. The number of aromatic nitrogens is 3. The van der Waals surface area contributed by atoms with E-state index in [1.165, 1.54) is 40.7 Å². The fourth-order valence-electron chi connectivity index (χ4n) is 3.34. The Kier molecular flexibility index (Phi) is 7.77. The summed E-state index contributed by atoms with van der Waals surface area (Å²) in [7, 11) is 0. The molecule has 1 unspecified atom stereocenters. The van der Waals surface area contributed by atoms with E-state index in [9.17, 15) is 9.18 Å². The zero-order chi connectivity index (χ0) is 23.8. The topological polar surface area (TPSA) is 95.1 Å². The summed E-state index contributed by atoms with van der Waals surface area (Å²) in [4.78, 5) is 12.8. The number of thioether (sulfide) groups is 1. The number of nitrogens with two attached hydrogens (primary N) is 1. The van der Waals surface area contributed by atoms with Crippen molar-refractivity contribution >= 4 is 17.7 Å². The molecule has 0 spiro atoms. The van der Waals surface area contributed by atoms with Gasteiger partial charge in [-0.25, -0.2) is 9.07 Å². The Bertz CT molecular complexity index is 1200. The Morgan fingerprint density at radius 2 is 1.68 bits per heavy atom. The van der Waals surface area contributed by atoms with Gasteiger partial charge in [0, 0.05) is 0 Å². The van der Waals surface area contributed by atoms with Gasteiger partial charge < -0.3 is 15.9 Å². The van der Waals surface area contributed by atoms with Crippen LogP contribution >= 0.6 is 11.8 Å². The highest BCUT2D eigenvalue weighted by Crippen LogP contribution is 2.20. The summed E-state index contributed by atoms with van der Waals surface area (Å²) in [6.07, 6.45) is 0.680. The Balaban J connectivity index is 1.34. The number of amides is 1. The molecule has 0 aliphatic rings. The van der Waals surface area contributed by atoms with Gasteiger partial charge in [-0.3, -0.25) is 4.79 Å². The van der Waals surface area contributed by atoms with Gasteiger partial charge in [-0.15, -0.1) is 10.2 Å². The van der Waals surface area contributed by atoms with E-state index in [1.807, 2.05) is 60.7 Å². The molecule has 0 aliphatic heterocycles. The minimum Gasteiger partial charge on any atom is -0.486 e. The average molecular weight is 478 g/mol. The average Bonchev–Trinajstić information content (AvgIpc) is 3.22. The van der Waals surface area contributed by atoms with Crippen LogP contribution in [0.5, 0.6) is 5.75 Å². The quantitative estimate of drug-likeness (QED) is 0.266. The van der Waals surface area contributed by atoms with Crippen LogP contribution in [-0.4, -0.2) is 26.5 Å². The molecule has 1 aromatic heterocycles. The molecule has 4 aromatic rings. The maximum Gasteiger partial charge on any atom is 0.230 e. The van der Waals surface area contributed by atoms with E-state index in [1.54, 1.807) is 0 Å². The highest BCUT2D eigenvalue weighted by atomic mass is 32.2. The molecule has 3 aromatic carbocycles. The number of halogens is 1. The third-order valence-corrected chi connectivity index (χ3v) is 6.01. The highest BCUT2D eigenvalue weighted by molar-refractivity contribution is 7.99. The van der Waals surface area contributed by atoms with Crippen molar-refractivity contribution in [2.45, 2.75) is 24.2 Å². The Morgan fingerprint density at radius 1 is 1.00 bits per heavy atom. The van der Waals surface area contributed by atoms with E-state index in [-0.39, 0.29) is 30.1 Å². The van der Waals surface area contributed by atoms with Crippen molar-refractivity contribution in [3.05, 3.63) is 108 Å². The lowest BCUT2D eigenvalue weighted by molar-refractivity contribution is -0.119. The van der Waals surface area contributed by atoms with Crippen LogP contribution < -0.4 is 15.9 Å². The molecule has 9 heteroatoms. The largest absolute Gasteiger partial charge is 0.486 e. The van der Waals surface area contributed by atoms with Crippen LogP contribution in [0.2, 0.25) is 0 Å². The number of nitrogens with one attached hydrogen (secondary N) is 1. The molecule has 1 atom stereocenters. The van der Waals surface area contributed by atoms with Gasteiger partial charge in [0.15, 0.2) is 5.82 Å². The maximum absolute atomic E-state index is 13.0. The molecule has 3 N–H and O–H groups in total. The summed E-state index contributed by atoms with van der Waals surface area (Å²) in [6.45, 7) is 0.0645. The highest BCUT2D eigenvalue weighted by Gasteiger charge is 2.17. The van der Waals surface area contributed by atoms with Crippen LogP contribution in [0.25, 0.3) is 0 Å². The van der Waals surface area contributed by atoms with Crippen molar-refractivity contribution in [3.63, 3.8) is 0 Å². The molecule has 0 saturated heterocycles. The SMILES string of the molecule is Nn1c(COc2ccc(F)cc2)nnc1SCC(=O)NC(Cc1ccccc1)c1ccccc1. The predicted molar refractivity (Wildman–Crippen MR) is 129 cm³/mol. The van der Waals surface area contributed by atoms with Crippen LogP contribution in [-0.2, 0) is 17.8 Å². The molecule has 7 nitrogen and oxygen atoms in total. The minimum atomic E-state index is -0.343. The molecule has 0 radical (unpaired) electrons. The lowest BCUT2D eigenvalue weighted by Crippen LogP contribution is -2.31. The first-order valence-electron chi connectivity index (χ1n) is 10.7. The number of ether oxygens (including phenoxy) is 1. The second-order valence-electron chi connectivity index (χ2n) is 7.52. The van der Waals surface area contributed by atoms with Crippen LogP contribution in [0.4, 0.5) is 4.39 Å². The van der Waals surface area contributed by atoms with Crippen LogP contribution in [0.15, 0.2) is 90.1 Å². The zero-order valence-corrected chi connectivity index (χ0v) is 19.1. The fourth-order valence-corrected chi connectivity index (χ4v) is 4.02. The summed E-state index contributed by atoms with van der Waals surface area (Å²) in [5, 5.41) is 11.6. The van der Waals surface area contributed by atoms with Gasteiger partial charge in [-0.1, -0.05) is 72.4 Å². The van der Waals surface area contributed by atoms with Gasteiger partial charge in [-0.2, -0.15) is 0 Å². The minimum absolute atomic E-state index is 0.0645. The van der Waals surface area contributed by atoms with Crippen molar-refractivity contribution in [2.24, 2.45) is 0 Å². The molecule has 174 valence electrons. The molecule has 1 heterocycles. The summed E-state index contributed by atoms with van der Waals surface area (Å²) in [6, 6.07) is 25.4. The maximum atomic E-state index is 13.0. The first kappa shape index (κ1) is 23.3. The molecule has 4 rings (SSSR count). The summed E-state index contributed by atoms with van der Waals surface area (Å²) in [5.41, 5.74) is 2.17. The number of carbonyl (C=O) groups excluding carboxylic acids is 1. The van der Waals surface area contributed by atoms with Gasteiger partial charge >= 0.3 is 0 Å². The van der Waals surface area contributed by atoms with Gasteiger partial charge in [0.05, 0.1) is 11.8 Å². The Hall–Kier alpha value is -3.85. The van der Waals surface area contributed by atoms with Crippen LogP contribution in [0, 0.1) is 5.82 Å². The predicted octanol–water partition coefficient (Wildman–Crippen LogP) is 3.90. The van der Waals surface area contributed by atoms with Crippen LogP contribution in [0.3, 0.4) is 0 Å². The molecule has 1 amide bonds. The van der Waals surface area contributed by atoms with Gasteiger partial charge in [0.25, 0.3) is 0 Å². The summed E-state index contributed by atoms with van der Waals surface area (Å²) < 4.78 is 19.9. The third-order valence-electron chi connectivity index (χ3n) is 5.07. The van der Waals surface area contributed by atoms with E-state index in [0.29, 0.717) is 23.2 Å². The van der Waals surface area contributed by atoms with E-state index in [0.717, 1.165) is 11.1 Å². The first-order valence-corrected chi connectivity index (χ1v) is 11.7. The van der Waals surface area contributed by atoms with E-state index < -0.39 is 0 Å². The van der Waals surface area contributed by atoms with Crippen molar-refractivity contribution in [3.8, 4) is 5.75 Å². The second-order valence-corrected chi connectivity index (χ2v) is 8.46. The normalized spacial score (nSPS) is 11.7. The number of nitrogen functional groups attached to an aromatic ring is 1. The van der Waals surface area contributed by atoms with Crippen molar-refractivity contribution in [1.29, 1.82) is 0 Å². The van der Waals surface area contributed by atoms with E-state index >= 15 is 0 Å². The number of carbonyl (C=O) groups is 1. The van der Waals surface area contributed by atoms with Crippen molar-refractivity contribution < 1.29 is 13.9 Å². The van der Waals surface area contributed by atoms with E-state index in [4.69, 9.17) is 10.6 Å². The van der Waals surface area contributed by atoms with Gasteiger partial charge in [0.1, 0.15) is 18.2 Å². The molecular formula is C25H24FN5O2S. The smallest absolute Gasteiger partial charge is 0.230 e. The molecule has 0 saturated carbocycles. The molecule has 0 bridgehead atoms. The lowest BCUT2D eigenvalue weighted by Gasteiger charge is -2.19. The first-order chi connectivity index (χ1) is 16.6. The summed E-state index contributed by atoms with van der Waals surface area (Å²) >= 11 is 1.19. The molecule has 34 heavy (non-hydrogen) atoms. The second kappa shape index (κ2) is 11.3. The van der Waals surface area contributed by atoms with Crippen LogP contribution in [0.1, 0.15) is 23.0 Å².